The molecule has 0 saturated heterocycles. The van der Waals surface area contributed by atoms with Crippen molar-refractivity contribution in [2.45, 2.75) is 24.3 Å². The second-order valence-electron chi connectivity index (χ2n) is 10.0. The Morgan fingerprint density at radius 1 is 0.889 bits per heavy atom. The van der Waals surface area contributed by atoms with Gasteiger partial charge in [0, 0.05) is 30.2 Å². The van der Waals surface area contributed by atoms with Crippen LogP contribution in [0.15, 0.2) is 89.8 Å². The lowest BCUT2D eigenvalue weighted by atomic mass is 10.1. The minimum Gasteiger partial charge on any atom is -0.496 e. The molecule has 0 N–H and O–H groups in total. The maximum absolute atomic E-state index is 15.1. The maximum atomic E-state index is 15.1. The normalized spacial score (nSPS) is 11.9. The molecule has 0 saturated carbocycles. The van der Waals surface area contributed by atoms with Crippen LogP contribution in [0.1, 0.15) is 35.3 Å². The molecule has 0 heterocycles. The second kappa shape index (κ2) is 14.6. The van der Waals surface area contributed by atoms with Gasteiger partial charge in [0.25, 0.3) is 15.9 Å². The predicted octanol–water partition coefficient (Wildman–Crippen LogP) is 7.13. The fourth-order valence-corrected chi connectivity index (χ4v) is 6.60. The molecule has 0 fully saturated rings. The van der Waals surface area contributed by atoms with Crippen molar-refractivity contribution in [3.8, 4) is 17.2 Å². The summed E-state index contributed by atoms with van der Waals surface area (Å²) in [6.45, 7) is 2.05. The van der Waals surface area contributed by atoms with Gasteiger partial charge in [0.05, 0.1) is 37.5 Å². The minimum atomic E-state index is -4.41. The highest BCUT2D eigenvalue weighted by molar-refractivity contribution is 7.92. The van der Waals surface area contributed by atoms with Crippen LogP contribution < -0.4 is 18.5 Å². The van der Waals surface area contributed by atoms with E-state index in [1.165, 1.54) is 43.4 Å². The smallest absolute Gasteiger partial charge is 0.264 e. The fourth-order valence-electron chi connectivity index (χ4n) is 4.84. The molecule has 0 aliphatic heterocycles. The van der Waals surface area contributed by atoms with E-state index in [0.717, 1.165) is 22.5 Å². The lowest BCUT2D eigenvalue weighted by molar-refractivity contribution is 0.0781. The molecule has 8 nitrogen and oxygen atoms in total. The van der Waals surface area contributed by atoms with Gasteiger partial charge in [0.1, 0.15) is 34.4 Å². The molecule has 0 aliphatic carbocycles. The summed E-state index contributed by atoms with van der Waals surface area (Å²) >= 11 is 5.97. The SMILES string of the molecule is COc1cccc(OC)c1C(=O)N(C)CCCOc1ccccc1C(C)N(c1cc(F)ccc1F)S(=O)(=O)c1ccc(Cl)cc1. The predicted molar refractivity (Wildman–Crippen MR) is 169 cm³/mol. The second-order valence-corrected chi connectivity index (χ2v) is 12.3. The van der Waals surface area contributed by atoms with Gasteiger partial charge in [-0.1, -0.05) is 35.9 Å². The van der Waals surface area contributed by atoms with Crippen molar-refractivity contribution in [1.82, 2.24) is 4.90 Å². The largest absolute Gasteiger partial charge is 0.496 e. The van der Waals surface area contributed by atoms with Crippen LogP contribution in [0.2, 0.25) is 5.02 Å². The Morgan fingerprint density at radius 3 is 2.16 bits per heavy atom. The quantitative estimate of drug-likeness (QED) is 0.142. The molecule has 4 aromatic carbocycles. The number of nitrogens with zero attached hydrogens (tertiary/aromatic N) is 2. The third kappa shape index (κ3) is 7.49. The van der Waals surface area contributed by atoms with E-state index >= 15 is 4.39 Å². The van der Waals surface area contributed by atoms with E-state index in [2.05, 4.69) is 0 Å². The number of methoxy groups -OCH3 is 2. The maximum Gasteiger partial charge on any atom is 0.264 e. The van der Waals surface area contributed by atoms with E-state index in [4.69, 9.17) is 25.8 Å². The molecule has 45 heavy (non-hydrogen) atoms. The number of amides is 1. The number of carbonyl (C=O) groups is 1. The summed E-state index contributed by atoms with van der Waals surface area (Å²) in [4.78, 5) is 14.6. The molecule has 1 amide bonds. The van der Waals surface area contributed by atoms with Crippen LogP contribution in [0.3, 0.4) is 0 Å². The highest BCUT2D eigenvalue weighted by Gasteiger charge is 2.34. The van der Waals surface area contributed by atoms with E-state index in [1.807, 2.05) is 0 Å². The van der Waals surface area contributed by atoms with Crippen molar-refractivity contribution in [3.05, 3.63) is 113 Å². The van der Waals surface area contributed by atoms with Crippen molar-refractivity contribution < 1.29 is 36.2 Å². The monoisotopic (exact) mass is 658 g/mol. The number of ether oxygens (including phenoxy) is 3. The van der Waals surface area contributed by atoms with Gasteiger partial charge in [-0.15, -0.1) is 0 Å². The van der Waals surface area contributed by atoms with Crippen LogP contribution in [0.4, 0.5) is 14.5 Å². The van der Waals surface area contributed by atoms with Crippen LogP contribution in [0.5, 0.6) is 17.2 Å². The first kappa shape index (κ1) is 33.5. The number of hydrogen-bond acceptors (Lipinski definition) is 6. The minimum absolute atomic E-state index is 0.153. The number of halogens is 3. The number of anilines is 1. The number of para-hydroxylation sites is 1. The highest BCUT2D eigenvalue weighted by Crippen LogP contribution is 2.38. The Kier molecular flexibility index (Phi) is 10.9. The molecule has 1 unspecified atom stereocenters. The van der Waals surface area contributed by atoms with Crippen molar-refractivity contribution >= 4 is 33.2 Å². The van der Waals surface area contributed by atoms with Crippen molar-refractivity contribution in [3.63, 3.8) is 0 Å². The molecule has 4 rings (SSSR count). The van der Waals surface area contributed by atoms with Gasteiger partial charge in [-0.3, -0.25) is 9.10 Å². The van der Waals surface area contributed by atoms with Gasteiger partial charge in [-0.25, -0.2) is 17.2 Å². The number of rotatable bonds is 13. The summed E-state index contributed by atoms with van der Waals surface area (Å²) < 4.78 is 75.0. The van der Waals surface area contributed by atoms with Crippen LogP contribution in [0.25, 0.3) is 0 Å². The number of benzene rings is 4. The molecule has 238 valence electrons. The fraction of sp³-hybridized carbons (Fsp3) is 0.242. The average Bonchev–Trinajstić information content (AvgIpc) is 3.04. The molecular weight excluding hydrogens is 626 g/mol. The summed E-state index contributed by atoms with van der Waals surface area (Å²) in [5, 5.41) is 0.318. The summed E-state index contributed by atoms with van der Waals surface area (Å²) in [5.74, 6) is -0.893. The summed E-state index contributed by atoms with van der Waals surface area (Å²) in [5.41, 5.74) is 0.262. The van der Waals surface area contributed by atoms with Gasteiger partial charge in [0.15, 0.2) is 0 Å². The summed E-state index contributed by atoms with van der Waals surface area (Å²) in [7, 11) is 0.189. The van der Waals surface area contributed by atoms with E-state index in [9.17, 15) is 17.6 Å². The first-order valence-electron chi connectivity index (χ1n) is 13.9. The first-order valence-corrected chi connectivity index (χ1v) is 15.7. The van der Waals surface area contributed by atoms with Crippen molar-refractivity contribution in [2.24, 2.45) is 0 Å². The molecule has 0 radical (unpaired) electrons. The van der Waals surface area contributed by atoms with Crippen molar-refractivity contribution in [1.29, 1.82) is 0 Å². The lowest BCUT2D eigenvalue weighted by Gasteiger charge is -2.32. The summed E-state index contributed by atoms with van der Waals surface area (Å²) in [6.07, 6.45) is 0.424. The average molecular weight is 659 g/mol. The van der Waals surface area contributed by atoms with Gasteiger partial charge in [0.2, 0.25) is 0 Å². The van der Waals surface area contributed by atoms with Crippen LogP contribution >= 0.6 is 11.6 Å². The Balaban J connectivity index is 1.57. The molecule has 1 atom stereocenters. The van der Waals surface area contributed by atoms with Crippen LogP contribution in [-0.4, -0.2) is 53.6 Å². The molecule has 0 aromatic heterocycles. The van der Waals surface area contributed by atoms with Gasteiger partial charge in [-0.2, -0.15) is 0 Å². The van der Waals surface area contributed by atoms with E-state index in [0.29, 0.717) is 46.4 Å². The number of carbonyl (C=O) groups excluding carboxylic acids is 1. The highest BCUT2D eigenvalue weighted by atomic mass is 35.5. The zero-order chi connectivity index (χ0) is 32.7. The molecule has 0 bridgehead atoms. The van der Waals surface area contributed by atoms with Gasteiger partial charge >= 0.3 is 0 Å². The summed E-state index contributed by atoms with van der Waals surface area (Å²) in [6, 6.07) is 18.8. The zero-order valence-electron chi connectivity index (χ0n) is 25.2. The lowest BCUT2D eigenvalue weighted by Crippen LogP contribution is -2.34. The zero-order valence-corrected chi connectivity index (χ0v) is 26.7. The Morgan fingerprint density at radius 2 is 1.51 bits per heavy atom. The Hall–Kier alpha value is -4.35. The van der Waals surface area contributed by atoms with Gasteiger partial charge < -0.3 is 19.1 Å². The molecule has 0 spiro atoms. The van der Waals surface area contributed by atoms with E-state index in [-0.39, 0.29) is 17.4 Å². The van der Waals surface area contributed by atoms with Crippen LogP contribution in [0, 0.1) is 11.6 Å². The van der Waals surface area contributed by atoms with E-state index in [1.54, 1.807) is 56.4 Å². The topological polar surface area (TPSA) is 85.4 Å². The van der Waals surface area contributed by atoms with Gasteiger partial charge in [-0.05, 0) is 67.9 Å². The Labute approximate surface area is 266 Å². The first-order chi connectivity index (χ1) is 21.5. The molecule has 4 aromatic rings. The third-order valence-corrected chi connectivity index (χ3v) is 9.27. The van der Waals surface area contributed by atoms with Crippen molar-refractivity contribution in [2.75, 3.05) is 38.7 Å². The molecular formula is C33H33ClF2N2O6S. The van der Waals surface area contributed by atoms with Crippen LogP contribution in [-0.2, 0) is 10.0 Å². The standard InChI is InChI=1S/C33H33ClF2N2O6S/c1-22(38(28-21-24(35)15-18-27(28)36)45(40,41)25-16-13-23(34)14-17-25)26-9-5-6-10-29(26)44-20-8-19-37(2)33(39)32-30(42-3)11-7-12-31(32)43-4/h5-7,9-18,21-22H,8,19-20H2,1-4H3. The van der Waals surface area contributed by atoms with E-state index < -0.39 is 33.4 Å². The third-order valence-electron chi connectivity index (χ3n) is 7.12. The number of sulfonamides is 1. The Bertz CT molecular complexity index is 1730. The molecule has 0 aliphatic rings. The molecule has 12 heteroatoms. The number of hydrogen-bond donors (Lipinski definition) is 0.